The Morgan fingerprint density at radius 2 is 2.36 bits per heavy atom. The third-order valence-corrected chi connectivity index (χ3v) is 1.68. The van der Waals surface area contributed by atoms with E-state index in [0.717, 1.165) is 24.4 Å². The molecule has 0 radical (unpaired) electrons. The SMILES string of the molecule is C1=CCC(c2ccn[nH]2)=NC1. The fraction of sp³-hybridized carbons (Fsp3) is 0.250. The van der Waals surface area contributed by atoms with Crippen LogP contribution in [0.25, 0.3) is 0 Å². The van der Waals surface area contributed by atoms with Crippen molar-refractivity contribution in [2.45, 2.75) is 6.42 Å². The maximum absolute atomic E-state index is 4.33. The summed E-state index contributed by atoms with van der Waals surface area (Å²) in [5.41, 5.74) is 2.14. The zero-order valence-corrected chi connectivity index (χ0v) is 6.12. The molecule has 0 spiro atoms. The number of aromatic nitrogens is 2. The first kappa shape index (κ1) is 6.34. The van der Waals surface area contributed by atoms with Crippen molar-refractivity contribution in [2.24, 2.45) is 4.99 Å². The number of nitrogens with one attached hydrogen (secondary N) is 1. The lowest BCUT2D eigenvalue weighted by Gasteiger charge is -2.03. The summed E-state index contributed by atoms with van der Waals surface area (Å²) in [7, 11) is 0. The van der Waals surface area contributed by atoms with Gasteiger partial charge in [0.15, 0.2) is 0 Å². The molecule has 56 valence electrons. The average molecular weight is 147 g/mol. The van der Waals surface area contributed by atoms with Gasteiger partial charge in [0.2, 0.25) is 0 Å². The summed E-state index contributed by atoms with van der Waals surface area (Å²) in [6.45, 7) is 0.800. The third kappa shape index (κ3) is 1.22. The van der Waals surface area contributed by atoms with Crippen molar-refractivity contribution in [3.05, 3.63) is 30.1 Å². The van der Waals surface area contributed by atoms with E-state index in [1.807, 2.05) is 6.07 Å². The number of nitrogens with zero attached hydrogens (tertiary/aromatic N) is 2. The maximum Gasteiger partial charge on any atom is 0.0791 e. The second kappa shape index (κ2) is 2.70. The Morgan fingerprint density at radius 1 is 1.36 bits per heavy atom. The van der Waals surface area contributed by atoms with E-state index < -0.39 is 0 Å². The minimum absolute atomic E-state index is 0.800. The Labute approximate surface area is 64.9 Å². The molecular weight excluding hydrogens is 138 g/mol. The number of allylic oxidation sites excluding steroid dienone is 1. The van der Waals surface area contributed by atoms with Crippen LogP contribution in [0.15, 0.2) is 29.4 Å². The fourth-order valence-electron chi connectivity index (χ4n) is 1.11. The number of aliphatic imine (C=N–C) groups is 1. The first-order valence-corrected chi connectivity index (χ1v) is 3.65. The topological polar surface area (TPSA) is 41.0 Å². The van der Waals surface area contributed by atoms with Crippen LogP contribution in [0.3, 0.4) is 0 Å². The number of H-pyrrole nitrogens is 1. The summed E-state index contributed by atoms with van der Waals surface area (Å²) in [5.74, 6) is 0. The molecule has 1 aliphatic rings. The second-order valence-electron chi connectivity index (χ2n) is 2.43. The quantitative estimate of drug-likeness (QED) is 0.595. The molecule has 1 aromatic rings. The number of dihydropyridines is 1. The minimum Gasteiger partial charge on any atom is -0.283 e. The number of hydrogen-bond acceptors (Lipinski definition) is 2. The Kier molecular flexibility index (Phi) is 1.55. The van der Waals surface area contributed by atoms with Gasteiger partial charge in [0.05, 0.1) is 18.0 Å². The van der Waals surface area contributed by atoms with Crippen LogP contribution in [0.4, 0.5) is 0 Å². The normalized spacial score (nSPS) is 16.5. The van der Waals surface area contributed by atoms with Crippen LogP contribution in [0, 0.1) is 0 Å². The summed E-state index contributed by atoms with van der Waals surface area (Å²) in [5, 5.41) is 6.76. The lowest BCUT2D eigenvalue weighted by atomic mass is 10.1. The van der Waals surface area contributed by atoms with E-state index >= 15 is 0 Å². The zero-order chi connectivity index (χ0) is 7.52. The van der Waals surface area contributed by atoms with Gasteiger partial charge in [-0.1, -0.05) is 12.2 Å². The molecule has 0 fully saturated rings. The standard InChI is InChI=1S/C8H9N3/c1-2-5-9-7(3-1)8-4-6-10-11-8/h1-2,4,6H,3,5H2,(H,10,11). The Bertz CT molecular complexity index is 282. The molecule has 0 unspecified atom stereocenters. The number of hydrogen-bond donors (Lipinski definition) is 1. The number of rotatable bonds is 1. The van der Waals surface area contributed by atoms with Crippen LogP contribution in [-0.4, -0.2) is 22.5 Å². The van der Waals surface area contributed by atoms with Crippen molar-refractivity contribution in [3.63, 3.8) is 0 Å². The minimum atomic E-state index is 0.800. The van der Waals surface area contributed by atoms with E-state index in [2.05, 4.69) is 27.3 Å². The van der Waals surface area contributed by atoms with Crippen molar-refractivity contribution in [1.82, 2.24) is 10.2 Å². The first-order valence-electron chi connectivity index (χ1n) is 3.65. The van der Waals surface area contributed by atoms with E-state index in [-0.39, 0.29) is 0 Å². The van der Waals surface area contributed by atoms with Crippen molar-refractivity contribution < 1.29 is 0 Å². The molecule has 3 heteroatoms. The molecule has 0 saturated carbocycles. The van der Waals surface area contributed by atoms with Crippen LogP contribution >= 0.6 is 0 Å². The lowest BCUT2D eigenvalue weighted by Crippen LogP contribution is -2.04. The van der Waals surface area contributed by atoms with Gasteiger partial charge in [-0.15, -0.1) is 0 Å². The molecule has 1 aliphatic heterocycles. The van der Waals surface area contributed by atoms with Gasteiger partial charge in [-0.3, -0.25) is 10.1 Å². The predicted molar refractivity (Wildman–Crippen MR) is 43.7 cm³/mol. The highest BCUT2D eigenvalue weighted by Crippen LogP contribution is 2.04. The Balaban J connectivity index is 2.24. The zero-order valence-electron chi connectivity index (χ0n) is 6.12. The molecular formula is C8H9N3. The van der Waals surface area contributed by atoms with Crippen LogP contribution in [0.5, 0.6) is 0 Å². The van der Waals surface area contributed by atoms with Gasteiger partial charge in [-0.2, -0.15) is 5.10 Å². The van der Waals surface area contributed by atoms with Crippen LogP contribution in [-0.2, 0) is 0 Å². The average Bonchev–Trinajstić information content (AvgIpc) is 2.58. The van der Waals surface area contributed by atoms with Gasteiger partial charge in [0.25, 0.3) is 0 Å². The van der Waals surface area contributed by atoms with Crippen LogP contribution in [0.1, 0.15) is 12.1 Å². The van der Waals surface area contributed by atoms with E-state index in [9.17, 15) is 0 Å². The molecule has 0 atom stereocenters. The molecule has 3 nitrogen and oxygen atoms in total. The van der Waals surface area contributed by atoms with E-state index in [0.29, 0.717) is 0 Å². The largest absolute Gasteiger partial charge is 0.283 e. The smallest absolute Gasteiger partial charge is 0.0791 e. The molecule has 0 bridgehead atoms. The van der Waals surface area contributed by atoms with Crippen LogP contribution < -0.4 is 0 Å². The van der Waals surface area contributed by atoms with Gasteiger partial charge in [0, 0.05) is 12.6 Å². The molecule has 11 heavy (non-hydrogen) atoms. The highest BCUT2D eigenvalue weighted by molar-refractivity contribution is 6.00. The fourth-order valence-corrected chi connectivity index (χ4v) is 1.11. The molecule has 2 rings (SSSR count). The number of aromatic amines is 1. The monoisotopic (exact) mass is 147 g/mol. The second-order valence-corrected chi connectivity index (χ2v) is 2.43. The molecule has 2 heterocycles. The molecule has 0 saturated heterocycles. The highest BCUT2D eigenvalue weighted by atomic mass is 15.1. The van der Waals surface area contributed by atoms with Crippen LogP contribution in [0.2, 0.25) is 0 Å². The first-order chi connectivity index (χ1) is 5.47. The van der Waals surface area contributed by atoms with E-state index in [4.69, 9.17) is 0 Å². The van der Waals surface area contributed by atoms with Gasteiger partial charge in [-0.05, 0) is 6.07 Å². The third-order valence-electron chi connectivity index (χ3n) is 1.68. The summed E-state index contributed by atoms with van der Waals surface area (Å²) < 4.78 is 0. The lowest BCUT2D eigenvalue weighted by molar-refractivity contribution is 1.06. The van der Waals surface area contributed by atoms with Crippen molar-refractivity contribution in [1.29, 1.82) is 0 Å². The van der Waals surface area contributed by atoms with E-state index in [1.165, 1.54) is 0 Å². The Hall–Kier alpha value is -1.38. The van der Waals surface area contributed by atoms with E-state index in [1.54, 1.807) is 6.20 Å². The van der Waals surface area contributed by atoms with Crippen molar-refractivity contribution in [2.75, 3.05) is 6.54 Å². The molecule has 0 aliphatic carbocycles. The summed E-state index contributed by atoms with van der Waals surface area (Å²) in [6.07, 6.45) is 6.86. The maximum atomic E-state index is 4.33. The Morgan fingerprint density at radius 3 is 3.00 bits per heavy atom. The molecule has 0 amide bonds. The summed E-state index contributed by atoms with van der Waals surface area (Å²) in [4.78, 5) is 4.33. The highest BCUT2D eigenvalue weighted by Gasteiger charge is 2.03. The van der Waals surface area contributed by atoms with Gasteiger partial charge in [0.1, 0.15) is 0 Å². The van der Waals surface area contributed by atoms with Gasteiger partial charge >= 0.3 is 0 Å². The molecule has 0 aromatic carbocycles. The van der Waals surface area contributed by atoms with Gasteiger partial charge < -0.3 is 0 Å². The van der Waals surface area contributed by atoms with Crippen molar-refractivity contribution in [3.8, 4) is 0 Å². The van der Waals surface area contributed by atoms with Crippen molar-refractivity contribution >= 4 is 5.71 Å². The molecule has 1 aromatic heterocycles. The molecule has 1 N–H and O–H groups in total. The summed E-state index contributed by atoms with van der Waals surface area (Å²) in [6, 6.07) is 1.94. The predicted octanol–water partition coefficient (Wildman–Crippen LogP) is 1.16. The summed E-state index contributed by atoms with van der Waals surface area (Å²) >= 11 is 0. The van der Waals surface area contributed by atoms with Gasteiger partial charge in [-0.25, -0.2) is 0 Å².